The van der Waals surface area contributed by atoms with Crippen molar-refractivity contribution in [1.82, 2.24) is 0 Å². The van der Waals surface area contributed by atoms with Crippen LogP contribution in [0.5, 0.6) is 0 Å². The Morgan fingerprint density at radius 3 is 2.04 bits per heavy atom. The minimum Gasteiger partial charge on any atom is -0.352 e. The highest BCUT2D eigenvalue weighted by Gasteiger charge is 2.46. The summed E-state index contributed by atoms with van der Waals surface area (Å²) in [6, 6.07) is 4.22. The smallest absolute Gasteiger partial charge is 0.352 e. The first-order chi connectivity index (χ1) is 22.0. The van der Waals surface area contributed by atoms with Crippen molar-refractivity contribution in [2.75, 3.05) is 13.2 Å². The number of halogens is 6. The normalized spacial score (nSPS) is 33.4. The average molecular weight is 659 g/mol. The van der Waals surface area contributed by atoms with Gasteiger partial charge in [0, 0.05) is 23.5 Å². The molecular weight excluding hydrogens is 606 g/mol. The molecule has 46 heavy (non-hydrogen) atoms. The van der Waals surface area contributed by atoms with Crippen molar-refractivity contribution in [3.8, 4) is 0 Å². The van der Waals surface area contributed by atoms with Crippen molar-refractivity contribution in [1.29, 1.82) is 0 Å². The van der Waals surface area contributed by atoms with E-state index in [4.69, 9.17) is 14.2 Å². The van der Waals surface area contributed by atoms with E-state index >= 15 is 8.78 Å². The monoisotopic (exact) mass is 658 g/mol. The van der Waals surface area contributed by atoms with Crippen LogP contribution in [0.3, 0.4) is 0 Å². The molecule has 1 saturated heterocycles. The molecule has 5 rings (SSSR count). The average Bonchev–Trinajstić information content (AvgIpc) is 3.04. The minimum absolute atomic E-state index is 0.00775. The van der Waals surface area contributed by atoms with Crippen molar-refractivity contribution in [3.05, 3.63) is 41.2 Å². The summed E-state index contributed by atoms with van der Waals surface area (Å²) in [4.78, 5) is 0. The van der Waals surface area contributed by atoms with Gasteiger partial charge in [-0.3, -0.25) is 0 Å². The Morgan fingerprint density at radius 1 is 0.783 bits per heavy atom. The van der Waals surface area contributed by atoms with E-state index in [0.717, 1.165) is 5.92 Å². The first kappa shape index (κ1) is 35.7. The zero-order chi connectivity index (χ0) is 32.7. The second-order valence-electron chi connectivity index (χ2n) is 14.5. The highest BCUT2D eigenvalue weighted by atomic mass is 19.4. The van der Waals surface area contributed by atoms with Gasteiger partial charge >= 0.3 is 12.3 Å². The summed E-state index contributed by atoms with van der Waals surface area (Å²) in [7, 11) is 0. The second-order valence-corrected chi connectivity index (χ2v) is 14.5. The van der Waals surface area contributed by atoms with Crippen LogP contribution < -0.4 is 0 Å². The van der Waals surface area contributed by atoms with E-state index < -0.39 is 30.1 Å². The fraction of sp³-hybridized carbons (Fsp3) is 0.784. The molecule has 0 bridgehead atoms. The summed E-state index contributed by atoms with van der Waals surface area (Å²) in [5, 5.41) is 0. The second kappa shape index (κ2) is 16.2. The van der Waals surface area contributed by atoms with Crippen LogP contribution in [0, 0.1) is 35.4 Å². The lowest BCUT2D eigenvalue weighted by atomic mass is 9.74. The van der Waals surface area contributed by atoms with Crippen LogP contribution in [0.2, 0.25) is 0 Å². The lowest BCUT2D eigenvalue weighted by molar-refractivity contribution is -0.305. The third-order valence-corrected chi connectivity index (χ3v) is 11.3. The third kappa shape index (κ3) is 9.97. The molecule has 1 aliphatic heterocycles. The minimum atomic E-state index is -4.51. The topological polar surface area (TPSA) is 27.7 Å². The van der Waals surface area contributed by atoms with Gasteiger partial charge < -0.3 is 14.2 Å². The fourth-order valence-corrected chi connectivity index (χ4v) is 8.39. The van der Waals surface area contributed by atoms with Crippen LogP contribution in [-0.4, -0.2) is 37.9 Å². The Kier molecular flexibility index (Phi) is 12.6. The van der Waals surface area contributed by atoms with E-state index in [9.17, 15) is 17.6 Å². The van der Waals surface area contributed by atoms with Gasteiger partial charge in [0.25, 0.3) is 0 Å². The summed E-state index contributed by atoms with van der Waals surface area (Å²) in [5.41, 5.74) is 0.539. The maximum Gasteiger partial charge on any atom is 0.409 e. The molecule has 0 unspecified atom stereocenters. The summed E-state index contributed by atoms with van der Waals surface area (Å²) in [6.45, 7) is 3.68. The van der Waals surface area contributed by atoms with E-state index in [0.29, 0.717) is 88.1 Å². The lowest BCUT2D eigenvalue weighted by Crippen LogP contribution is -2.43. The molecule has 3 saturated carbocycles. The van der Waals surface area contributed by atoms with Gasteiger partial charge in [-0.25, -0.2) is 4.39 Å². The molecule has 3 nitrogen and oxygen atoms in total. The maximum absolute atomic E-state index is 15.3. The first-order valence-electron chi connectivity index (χ1n) is 17.8. The highest BCUT2D eigenvalue weighted by Crippen LogP contribution is 2.45. The summed E-state index contributed by atoms with van der Waals surface area (Å²) in [5.74, 6) is 0.518. The summed E-state index contributed by atoms with van der Waals surface area (Å²) < 4.78 is 100. The van der Waals surface area contributed by atoms with Crippen molar-refractivity contribution in [2.45, 2.75) is 140 Å². The molecule has 1 heterocycles. The quantitative estimate of drug-likeness (QED) is 0.175. The van der Waals surface area contributed by atoms with Crippen molar-refractivity contribution < 1.29 is 40.6 Å². The molecule has 0 atom stereocenters. The molecular formula is C37H52F6O3. The van der Waals surface area contributed by atoms with Crippen LogP contribution in [0.1, 0.15) is 127 Å². The zero-order valence-electron chi connectivity index (χ0n) is 27.2. The van der Waals surface area contributed by atoms with Gasteiger partial charge in [0.05, 0.1) is 25.2 Å². The molecule has 0 N–H and O–H groups in total. The molecule has 0 radical (unpaired) electrons. The van der Waals surface area contributed by atoms with Crippen LogP contribution in [0.15, 0.2) is 24.3 Å². The number of benzene rings is 1. The van der Waals surface area contributed by atoms with Crippen LogP contribution in [0.4, 0.5) is 26.3 Å². The van der Waals surface area contributed by atoms with Gasteiger partial charge in [-0.1, -0.05) is 57.6 Å². The molecule has 0 spiro atoms. The molecule has 4 aliphatic rings. The van der Waals surface area contributed by atoms with Gasteiger partial charge in [-0.15, -0.1) is 0 Å². The van der Waals surface area contributed by atoms with Gasteiger partial charge in [0.2, 0.25) is 0 Å². The molecule has 3 aliphatic carbocycles. The van der Waals surface area contributed by atoms with Crippen molar-refractivity contribution >= 4 is 6.08 Å². The number of hydrogen-bond donors (Lipinski definition) is 0. The largest absolute Gasteiger partial charge is 0.409 e. The zero-order valence-corrected chi connectivity index (χ0v) is 27.2. The summed E-state index contributed by atoms with van der Waals surface area (Å²) in [6.07, 6.45) is 6.60. The number of rotatable bonds is 11. The predicted molar refractivity (Wildman–Crippen MR) is 167 cm³/mol. The number of ether oxygens (including phenoxy) is 3. The Hall–Kier alpha value is -1.58. The molecule has 1 aromatic carbocycles. The van der Waals surface area contributed by atoms with Crippen LogP contribution >= 0.6 is 0 Å². The molecule has 260 valence electrons. The van der Waals surface area contributed by atoms with Gasteiger partial charge in [-0.2, -0.15) is 22.0 Å². The van der Waals surface area contributed by atoms with Crippen LogP contribution in [-0.2, 0) is 14.2 Å². The van der Waals surface area contributed by atoms with E-state index in [1.165, 1.54) is 63.5 Å². The highest BCUT2D eigenvalue weighted by molar-refractivity contribution is 5.51. The SMILES string of the molecule is CCCCCC1CCC(C2COC(C3CCC(C(F)(F)OC4CCC(c5ccc(/C=C/C(F)(F)F)c(F)c5)CC4)CC3)OC2)CC1. The third-order valence-electron chi connectivity index (χ3n) is 11.3. The van der Waals surface area contributed by atoms with Gasteiger partial charge in [0.1, 0.15) is 5.82 Å². The standard InChI is InChI=1S/C37H52F6O3/c1-2-3-4-5-25-6-8-27(9-7-25)31-23-44-35(45-24-31)29-12-16-32(17-13-29)37(42,43)46-33-18-14-26(15-19-33)30-11-10-28(34(38)22-30)20-21-36(39,40)41/h10-11,20-22,25-27,29,31-33,35H,2-9,12-19,23-24H2,1H3/b21-20+. The van der Waals surface area contributed by atoms with Gasteiger partial charge in [0.15, 0.2) is 6.29 Å². The summed E-state index contributed by atoms with van der Waals surface area (Å²) >= 11 is 0. The molecule has 1 aromatic rings. The van der Waals surface area contributed by atoms with E-state index in [1.807, 2.05) is 0 Å². The predicted octanol–water partition coefficient (Wildman–Crippen LogP) is 11.2. The maximum atomic E-state index is 15.3. The molecule has 0 amide bonds. The van der Waals surface area contributed by atoms with E-state index in [-0.39, 0.29) is 29.8 Å². The van der Waals surface area contributed by atoms with Crippen molar-refractivity contribution in [3.63, 3.8) is 0 Å². The fourth-order valence-electron chi connectivity index (χ4n) is 8.39. The first-order valence-corrected chi connectivity index (χ1v) is 17.8. The number of alkyl halides is 5. The Bertz CT molecular complexity index is 1090. The Morgan fingerprint density at radius 2 is 1.43 bits per heavy atom. The molecule has 4 fully saturated rings. The van der Waals surface area contributed by atoms with Gasteiger partial charge in [-0.05, 0) is 99.7 Å². The number of unbranched alkanes of at least 4 members (excludes halogenated alkanes) is 2. The molecule has 0 aromatic heterocycles. The van der Waals surface area contributed by atoms with E-state index in [2.05, 4.69) is 6.92 Å². The van der Waals surface area contributed by atoms with Crippen LogP contribution in [0.25, 0.3) is 6.08 Å². The number of allylic oxidation sites excluding steroid dienone is 1. The van der Waals surface area contributed by atoms with E-state index in [1.54, 1.807) is 6.07 Å². The Labute approximate surface area is 270 Å². The molecule has 9 heteroatoms. The van der Waals surface area contributed by atoms with Crippen molar-refractivity contribution in [2.24, 2.45) is 29.6 Å². The Balaban J connectivity index is 0.999. The lowest BCUT2D eigenvalue weighted by Gasteiger charge is -2.42. The number of hydrogen-bond acceptors (Lipinski definition) is 3.